The molecule has 1 aromatic carbocycles. The normalized spacial score (nSPS) is 10.3. The van der Waals surface area contributed by atoms with Gasteiger partial charge in [-0.3, -0.25) is 0 Å². The Morgan fingerprint density at radius 1 is 0.833 bits per heavy atom. The summed E-state index contributed by atoms with van der Waals surface area (Å²) in [6.07, 6.45) is 0. The molecule has 0 atom stereocenters. The van der Waals surface area contributed by atoms with Gasteiger partial charge in [-0.25, -0.2) is 0 Å². The molecule has 0 aliphatic heterocycles. The molecule has 0 fully saturated rings. The Kier molecular flexibility index (Phi) is 3.06. The molecule has 0 unspecified atom stereocenters. The number of phenolic OH excluding ortho intramolecular Hbond substituents is 2. The minimum atomic E-state index is 0.00759. The maximum atomic E-state index is 9.42. The van der Waals surface area contributed by atoms with Crippen molar-refractivity contribution in [2.45, 2.75) is 6.92 Å². The van der Waals surface area contributed by atoms with Gasteiger partial charge in [-0.1, -0.05) is 0 Å². The van der Waals surface area contributed by atoms with E-state index in [1.54, 1.807) is 6.92 Å². The van der Waals surface area contributed by atoms with Gasteiger partial charge in [-0.05, 0) is 60.3 Å². The lowest BCUT2D eigenvalue weighted by molar-refractivity contribution is 0.439. The van der Waals surface area contributed by atoms with Crippen LogP contribution in [0, 0.1) is 6.92 Å². The van der Waals surface area contributed by atoms with Crippen LogP contribution in [0.1, 0.15) is 5.56 Å². The highest BCUT2D eigenvalue weighted by Crippen LogP contribution is 2.46. The van der Waals surface area contributed by atoms with Crippen LogP contribution in [-0.4, -0.2) is 10.2 Å². The molecule has 0 saturated carbocycles. The SMILES string of the molecule is Cc1c(Br)c(O)c(Br)c(O)c1Br. The smallest absolute Gasteiger partial charge is 0.148 e. The quantitative estimate of drug-likeness (QED) is 0.740. The molecule has 0 heterocycles. The molecule has 0 aliphatic carbocycles. The number of hydrogen-bond donors (Lipinski definition) is 2. The first-order valence-electron chi connectivity index (χ1n) is 3.01. The topological polar surface area (TPSA) is 40.5 Å². The van der Waals surface area contributed by atoms with Crippen molar-refractivity contribution in [2.75, 3.05) is 0 Å². The van der Waals surface area contributed by atoms with Crippen molar-refractivity contribution >= 4 is 47.8 Å². The molecule has 5 heteroatoms. The summed E-state index contributed by atoms with van der Waals surface area (Å²) in [6, 6.07) is 0. The van der Waals surface area contributed by atoms with Gasteiger partial charge in [0, 0.05) is 0 Å². The van der Waals surface area contributed by atoms with E-state index in [1.807, 2.05) is 0 Å². The second-order valence-corrected chi connectivity index (χ2v) is 4.64. The Morgan fingerprint density at radius 2 is 1.17 bits per heavy atom. The predicted octanol–water partition coefficient (Wildman–Crippen LogP) is 3.69. The fourth-order valence-electron chi connectivity index (χ4n) is 0.756. The first-order chi connectivity index (χ1) is 5.46. The number of benzene rings is 1. The van der Waals surface area contributed by atoms with E-state index in [-0.39, 0.29) is 16.0 Å². The van der Waals surface area contributed by atoms with Crippen LogP contribution in [0.2, 0.25) is 0 Å². The molecule has 0 aromatic heterocycles. The average molecular weight is 361 g/mol. The van der Waals surface area contributed by atoms with E-state index in [9.17, 15) is 10.2 Å². The zero-order valence-corrected chi connectivity index (χ0v) is 10.8. The average Bonchev–Trinajstić information content (AvgIpc) is 2.08. The van der Waals surface area contributed by atoms with E-state index in [4.69, 9.17) is 0 Å². The highest BCUT2D eigenvalue weighted by atomic mass is 79.9. The largest absolute Gasteiger partial charge is 0.505 e. The lowest BCUT2D eigenvalue weighted by atomic mass is 10.2. The van der Waals surface area contributed by atoms with Crippen molar-refractivity contribution < 1.29 is 10.2 Å². The Morgan fingerprint density at radius 3 is 1.50 bits per heavy atom. The third-order valence-corrected chi connectivity index (χ3v) is 4.18. The minimum absolute atomic E-state index is 0.00759. The van der Waals surface area contributed by atoms with Gasteiger partial charge in [0.25, 0.3) is 0 Å². The lowest BCUT2D eigenvalue weighted by Crippen LogP contribution is -1.83. The van der Waals surface area contributed by atoms with Crippen molar-refractivity contribution in [3.8, 4) is 11.5 Å². The zero-order chi connectivity index (χ0) is 9.46. The molecule has 0 bridgehead atoms. The van der Waals surface area contributed by atoms with Crippen LogP contribution in [0.25, 0.3) is 0 Å². The first kappa shape index (κ1) is 10.3. The molecule has 12 heavy (non-hydrogen) atoms. The van der Waals surface area contributed by atoms with E-state index in [0.29, 0.717) is 8.95 Å². The molecule has 1 aromatic rings. The number of halogens is 3. The molecule has 0 radical (unpaired) electrons. The standard InChI is InChI=1S/C7H5Br3O2/c1-2-3(8)6(11)5(10)7(12)4(2)9/h11-12H,1H3. The third kappa shape index (κ3) is 1.49. The van der Waals surface area contributed by atoms with Gasteiger partial charge < -0.3 is 10.2 Å². The van der Waals surface area contributed by atoms with Crippen LogP contribution in [0.3, 0.4) is 0 Å². The van der Waals surface area contributed by atoms with Crippen molar-refractivity contribution in [1.29, 1.82) is 0 Å². The fraction of sp³-hybridized carbons (Fsp3) is 0.143. The molecule has 0 spiro atoms. The van der Waals surface area contributed by atoms with Gasteiger partial charge in [0.15, 0.2) is 0 Å². The van der Waals surface area contributed by atoms with Crippen molar-refractivity contribution in [3.05, 3.63) is 19.0 Å². The highest BCUT2D eigenvalue weighted by Gasteiger charge is 2.16. The number of hydrogen-bond acceptors (Lipinski definition) is 2. The summed E-state index contributed by atoms with van der Waals surface area (Å²) >= 11 is 9.44. The molecule has 66 valence electrons. The molecular formula is C7H5Br3O2. The monoisotopic (exact) mass is 358 g/mol. The molecule has 2 nitrogen and oxygen atoms in total. The van der Waals surface area contributed by atoms with Crippen LogP contribution >= 0.6 is 47.8 Å². The Hall–Kier alpha value is 0.260. The summed E-state index contributed by atoms with van der Waals surface area (Å²) < 4.78 is 1.42. The first-order valence-corrected chi connectivity index (χ1v) is 5.39. The maximum absolute atomic E-state index is 9.42. The molecule has 0 saturated heterocycles. The number of phenols is 2. The van der Waals surface area contributed by atoms with Crippen LogP contribution < -0.4 is 0 Å². The Balaban J connectivity index is 3.60. The van der Waals surface area contributed by atoms with Crippen LogP contribution in [0.15, 0.2) is 13.4 Å². The van der Waals surface area contributed by atoms with Gasteiger partial charge in [0.2, 0.25) is 0 Å². The third-order valence-electron chi connectivity index (χ3n) is 1.49. The van der Waals surface area contributed by atoms with Gasteiger partial charge in [0.05, 0.1) is 8.95 Å². The summed E-state index contributed by atoms with van der Waals surface area (Å²) in [5.74, 6) is 0.0152. The van der Waals surface area contributed by atoms with Gasteiger partial charge >= 0.3 is 0 Å². The summed E-state index contributed by atoms with van der Waals surface area (Å²) in [6.45, 7) is 1.78. The van der Waals surface area contributed by atoms with E-state index < -0.39 is 0 Å². The highest BCUT2D eigenvalue weighted by molar-refractivity contribution is 9.11. The van der Waals surface area contributed by atoms with Crippen molar-refractivity contribution in [1.82, 2.24) is 0 Å². The zero-order valence-electron chi connectivity index (χ0n) is 6.03. The minimum Gasteiger partial charge on any atom is -0.505 e. The second kappa shape index (κ2) is 3.55. The fourth-order valence-corrected chi connectivity index (χ4v) is 2.74. The summed E-state index contributed by atoms with van der Waals surface area (Å²) in [5, 5.41) is 18.8. The van der Waals surface area contributed by atoms with E-state index in [0.717, 1.165) is 5.56 Å². The maximum Gasteiger partial charge on any atom is 0.148 e. The summed E-state index contributed by atoms with van der Waals surface area (Å²) in [5.41, 5.74) is 0.758. The van der Waals surface area contributed by atoms with Crippen LogP contribution in [0.4, 0.5) is 0 Å². The Bertz CT molecular complexity index is 231. The Labute approximate surface area is 95.0 Å². The van der Waals surface area contributed by atoms with Gasteiger partial charge in [-0.15, -0.1) is 0 Å². The predicted molar refractivity (Wildman–Crippen MR) is 57.6 cm³/mol. The van der Waals surface area contributed by atoms with Gasteiger partial charge in [0.1, 0.15) is 16.0 Å². The summed E-state index contributed by atoms with van der Waals surface area (Å²) in [7, 11) is 0. The molecule has 0 amide bonds. The molecular weight excluding hydrogens is 356 g/mol. The lowest BCUT2D eigenvalue weighted by Gasteiger charge is -2.08. The van der Waals surface area contributed by atoms with E-state index in [1.165, 1.54) is 0 Å². The van der Waals surface area contributed by atoms with Gasteiger partial charge in [-0.2, -0.15) is 0 Å². The summed E-state index contributed by atoms with van der Waals surface area (Å²) in [4.78, 5) is 0. The number of rotatable bonds is 0. The molecule has 0 aliphatic rings. The van der Waals surface area contributed by atoms with Crippen LogP contribution in [0.5, 0.6) is 11.5 Å². The number of aromatic hydroxyl groups is 2. The second-order valence-electron chi connectivity index (χ2n) is 2.26. The van der Waals surface area contributed by atoms with Crippen molar-refractivity contribution in [2.24, 2.45) is 0 Å². The van der Waals surface area contributed by atoms with Crippen molar-refractivity contribution in [3.63, 3.8) is 0 Å². The van der Waals surface area contributed by atoms with E-state index in [2.05, 4.69) is 47.8 Å². The van der Waals surface area contributed by atoms with Crippen LogP contribution in [-0.2, 0) is 0 Å². The molecule has 1 rings (SSSR count). The molecule has 2 N–H and O–H groups in total. The van der Waals surface area contributed by atoms with E-state index >= 15 is 0 Å².